The molecule has 1 aromatic rings. The maximum Gasteiger partial charge on any atom is 0.239 e. The molecule has 3 aliphatic rings. The van der Waals surface area contributed by atoms with Gasteiger partial charge in [-0.15, -0.1) is 0 Å². The summed E-state index contributed by atoms with van der Waals surface area (Å²) in [6.45, 7) is 4.27. The van der Waals surface area contributed by atoms with E-state index in [2.05, 4.69) is 20.8 Å². The van der Waals surface area contributed by atoms with Gasteiger partial charge in [0.1, 0.15) is 5.92 Å². The molecule has 3 fully saturated rings. The first-order valence-electron chi connectivity index (χ1n) is 9.24. The molecule has 0 radical (unpaired) electrons. The van der Waals surface area contributed by atoms with Crippen molar-refractivity contribution < 1.29 is 9.59 Å². The number of amides is 2. The minimum atomic E-state index is -0.512. The second-order valence-corrected chi connectivity index (χ2v) is 8.11. The lowest BCUT2D eigenvalue weighted by Crippen LogP contribution is -2.57. The Hall–Kier alpha value is -1.40. The van der Waals surface area contributed by atoms with E-state index in [-0.39, 0.29) is 11.8 Å². The van der Waals surface area contributed by atoms with Crippen LogP contribution in [0.3, 0.4) is 0 Å². The Bertz CT molecular complexity index is 680. The van der Waals surface area contributed by atoms with E-state index in [1.165, 1.54) is 19.3 Å². The first-order chi connectivity index (χ1) is 12.1. The number of nitrogens with zero attached hydrogens (tertiary/aromatic N) is 3. The summed E-state index contributed by atoms with van der Waals surface area (Å²) in [6.07, 6.45) is 4.31. The van der Waals surface area contributed by atoms with Crippen molar-refractivity contribution in [1.29, 1.82) is 0 Å². The predicted molar refractivity (Wildman–Crippen MR) is 100 cm³/mol. The predicted octanol–water partition coefficient (Wildman–Crippen LogP) is 2.50. The Kier molecular flexibility index (Phi) is 4.82. The Morgan fingerprint density at radius 1 is 1.04 bits per heavy atom. The zero-order valence-electron chi connectivity index (χ0n) is 14.4. The molecule has 4 rings (SSSR count). The van der Waals surface area contributed by atoms with Crippen LogP contribution in [0.25, 0.3) is 0 Å². The van der Waals surface area contributed by atoms with E-state index in [1.807, 2.05) is 29.2 Å². The maximum absolute atomic E-state index is 13.0. The lowest BCUT2D eigenvalue weighted by atomic mass is 9.98. The average molecular weight is 406 g/mol. The smallest absolute Gasteiger partial charge is 0.239 e. The molecule has 5 nitrogen and oxygen atoms in total. The molecule has 0 aliphatic carbocycles. The van der Waals surface area contributed by atoms with Crippen LogP contribution in [-0.4, -0.2) is 60.4 Å². The third-order valence-electron chi connectivity index (χ3n) is 5.80. The number of anilines is 1. The van der Waals surface area contributed by atoms with E-state index in [9.17, 15) is 9.59 Å². The minimum Gasteiger partial charge on any atom is -0.339 e. The summed E-state index contributed by atoms with van der Waals surface area (Å²) >= 11 is 3.51. The van der Waals surface area contributed by atoms with Gasteiger partial charge in [0.05, 0.1) is 5.69 Å². The number of para-hydroxylation sites is 1. The molecule has 0 bridgehead atoms. The summed E-state index contributed by atoms with van der Waals surface area (Å²) in [4.78, 5) is 32.1. The zero-order chi connectivity index (χ0) is 17.4. The SMILES string of the molecule is O=C([C@@H]1CCN(c2ccccc2Br)C1=O)N1CCN2CCCC[C@H]2C1. The average Bonchev–Trinajstić information content (AvgIpc) is 3.02. The van der Waals surface area contributed by atoms with Gasteiger partial charge in [-0.3, -0.25) is 14.5 Å². The molecular weight excluding hydrogens is 382 g/mol. The molecular formula is C19H24BrN3O2. The van der Waals surface area contributed by atoms with Crippen molar-refractivity contribution in [2.24, 2.45) is 5.92 Å². The third kappa shape index (κ3) is 3.22. The molecule has 134 valence electrons. The van der Waals surface area contributed by atoms with Crippen molar-refractivity contribution >= 4 is 33.4 Å². The second-order valence-electron chi connectivity index (χ2n) is 7.25. The summed E-state index contributed by atoms with van der Waals surface area (Å²) in [5.41, 5.74) is 0.861. The Morgan fingerprint density at radius 2 is 1.88 bits per heavy atom. The van der Waals surface area contributed by atoms with Crippen LogP contribution >= 0.6 is 15.9 Å². The topological polar surface area (TPSA) is 43.9 Å². The Labute approximate surface area is 157 Å². The quantitative estimate of drug-likeness (QED) is 0.709. The van der Waals surface area contributed by atoms with Gasteiger partial charge in [0.25, 0.3) is 0 Å². The summed E-state index contributed by atoms with van der Waals surface area (Å²) in [5, 5.41) is 0. The molecule has 1 aromatic carbocycles. The first kappa shape index (κ1) is 17.0. The molecule has 3 aliphatic heterocycles. The number of fused-ring (bicyclic) bond motifs is 1. The molecule has 0 saturated carbocycles. The fourth-order valence-corrected chi connectivity index (χ4v) is 4.89. The minimum absolute atomic E-state index is 0.0322. The van der Waals surface area contributed by atoms with E-state index in [0.717, 1.165) is 36.3 Å². The molecule has 0 unspecified atom stereocenters. The highest BCUT2D eigenvalue weighted by Gasteiger charge is 2.42. The lowest BCUT2D eigenvalue weighted by molar-refractivity contribution is -0.142. The summed E-state index contributed by atoms with van der Waals surface area (Å²) < 4.78 is 0.896. The van der Waals surface area contributed by atoms with Crippen molar-refractivity contribution in [3.05, 3.63) is 28.7 Å². The van der Waals surface area contributed by atoms with Gasteiger partial charge in [-0.2, -0.15) is 0 Å². The standard InChI is InChI=1S/C19H24BrN3O2/c20-16-6-1-2-7-17(16)23-10-8-15(19(23)25)18(24)22-12-11-21-9-4-3-5-14(21)13-22/h1-2,6-7,14-15H,3-5,8-13H2/t14-,15-/m0/s1. The van der Waals surface area contributed by atoms with Gasteiger partial charge in [0, 0.05) is 36.7 Å². The largest absolute Gasteiger partial charge is 0.339 e. The van der Waals surface area contributed by atoms with Crippen LogP contribution in [0.1, 0.15) is 25.7 Å². The molecule has 0 aromatic heterocycles. The van der Waals surface area contributed by atoms with E-state index in [1.54, 1.807) is 4.90 Å². The number of piperazine rings is 1. The molecule has 3 heterocycles. The summed E-state index contributed by atoms with van der Waals surface area (Å²) in [6, 6.07) is 8.20. The molecule has 2 atom stereocenters. The zero-order valence-corrected chi connectivity index (χ0v) is 16.0. The number of piperidine rings is 1. The summed E-state index contributed by atoms with van der Waals surface area (Å²) in [5.74, 6) is -0.532. The fourth-order valence-electron chi connectivity index (χ4n) is 4.40. The van der Waals surface area contributed by atoms with Crippen LogP contribution in [0, 0.1) is 5.92 Å². The van der Waals surface area contributed by atoms with E-state index >= 15 is 0 Å². The maximum atomic E-state index is 13.0. The number of halogens is 1. The van der Waals surface area contributed by atoms with Gasteiger partial charge in [-0.25, -0.2) is 0 Å². The van der Waals surface area contributed by atoms with Crippen LogP contribution in [0.15, 0.2) is 28.7 Å². The van der Waals surface area contributed by atoms with Gasteiger partial charge >= 0.3 is 0 Å². The number of carbonyl (C=O) groups excluding carboxylic acids is 2. The van der Waals surface area contributed by atoms with Crippen LogP contribution in [-0.2, 0) is 9.59 Å². The van der Waals surface area contributed by atoms with Crippen molar-refractivity contribution in [3.63, 3.8) is 0 Å². The first-order valence-corrected chi connectivity index (χ1v) is 10.0. The van der Waals surface area contributed by atoms with Gasteiger partial charge in [0.2, 0.25) is 11.8 Å². The third-order valence-corrected chi connectivity index (χ3v) is 6.47. The Morgan fingerprint density at radius 3 is 2.72 bits per heavy atom. The molecule has 0 N–H and O–H groups in total. The van der Waals surface area contributed by atoms with E-state index in [0.29, 0.717) is 19.0 Å². The van der Waals surface area contributed by atoms with Gasteiger partial charge in [-0.1, -0.05) is 18.6 Å². The number of hydrogen-bond acceptors (Lipinski definition) is 3. The van der Waals surface area contributed by atoms with Gasteiger partial charge in [0.15, 0.2) is 0 Å². The van der Waals surface area contributed by atoms with Crippen LogP contribution < -0.4 is 4.90 Å². The highest BCUT2D eigenvalue weighted by molar-refractivity contribution is 9.10. The number of benzene rings is 1. The molecule has 6 heteroatoms. The Balaban J connectivity index is 1.45. The van der Waals surface area contributed by atoms with Gasteiger partial charge < -0.3 is 9.80 Å². The fraction of sp³-hybridized carbons (Fsp3) is 0.579. The molecule has 0 spiro atoms. The van der Waals surface area contributed by atoms with Crippen LogP contribution in [0.2, 0.25) is 0 Å². The van der Waals surface area contributed by atoms with Crippen molar-refractivity contribution in [2.75, 3.05) is 37.6 Å². The van der Waals surface area contributed by atoms with E-state index < -0.39 is 5.92 Å². The highest BCUT2D eigenvalue weighted by atomic mass is 79.9. The highest BCUT2D eigenvalue weighted by Crippen LogP contribution is 2.32. The summed E-state index contributed by atoms with van der Waals surface area (Å²) in [7, 11) is 0. The van der Waals surface area contributed by atoms with Crippen molar-refractivity contribution in [1.82, 2.24) is 9.80 Å². The van der Waals surface area contributed by atoms with Crippen LogP contribution in [0.4, 0.5) is 5.69 Å². The monoisotopic (exact) mass is 405 g/mol. The lowest BCUT2D eigenvalue weighted by Gasteiger charge is -2.44. The van der Waals surface area contributed by atoms with Crippen molar-refractivity contribution in [2.45, 2.75) is 31.7 Å². The number of rotatable bonds is 2. The van der Waals surface area contributed by atoms with E-state index in [4.69, 9.17) is 0 Å². The van der Waals surface area contributed by atoms with Crippen LogP contribution in [0.5, 0.6) is 0 Å². The van der Waals surface area contributed by atoms with Gasteiger partial charge in [-0.05, 0) is 53.9 Å². The number of hydrogen-bond donors (Lipinski definition) is 0. The normalized spacial score (nSPS) is 27.5. The second kappa shape index (κ2) is 7.08. The molecule has 3 saturated heterocycles. The number of carbonyl (C=O) groups is 2. The van der Waals surface area contributed by atoms with Crippen molar-refractivity contribution in [3.8, 4) is 0 Å². The molecule has 2 amide bonds. The molecule has 25 heavy (non-hydrogen) atoms.